The molecule has 148 valence electrons. The van der Waals surface area contributed by atoms with E-state index in [1.54, 1.807) is 24.4 Å². The van der Waals surface area contributed by atoms with E-state index in [4.69, 9.17) is 9.47 Å². The molecule has 0 saturated carbocycles. The van der Waals surface area contributed by atoms with Crippen LogP contribution in [0.1, 0.15) is 29.0 Å². The Morgan fingerprint density at radius 1 is 1.03 bits per heavy atom. The molecule has 2 heterocycles. The van der Waals surface area contributed by atoms with Crippen molar-refractivity contribution in [3.05, 3.63) is 78.2 Å². The molecule has 1 fully saturated rings. The molecule has 1 atom stereocenters. The second-order valence-electron chi connectivity index (χ2n) is 7.01. The van der Waals surface area contributed by atoms with Crippen LogP contribution in [0.15, 0.2) is 66.9 Å². The van der Waals surface area contributed by atoms with Gasteiger partial charge in [0.25, 0.3) is 5.91 Å². The van der Waals surface area contributed by atoms with Crippen LogP contribution in [0.25, 0.3) is 0 Å². The van der Waals surface area contributed by atoms with Crippen LogP contribution in [0.5, 0.6) is 17.4 Å². The molecule has 1 aliphatic rings. The number of hydrogen-bond acceptors (Lipinski definition) is 5. The van der Waals surface area contributed by atoms with Crippen molar-refractivity contribution in [1.29, 1.82) is 0 Å². The minimum atomic E-state index is -0.0670. The van der Waals surface area contributed by atoms with Gasteiger partial charge in [-0.3, -0.25) is 4.79 Å². The molecule has 1 aromatic heterocycles. The van der Waals surface area contributed by atoms with Gasteiger partial charge in [-0.25, -0.2) is 4.98 Å². The van der Waals surface area contributed by atoms with Crippen molar-refractivity contribution in [2.45, 2.75) is 25.9 Å². The zero-order valence-electron chi connectivity index (χ0n) is 16.3. The first-order valence-corrected chi connectivity index (χ1v) is 9.76. The molecule has 1 aliphatic heterocycles. The fourth-order valence-corrected chi connectivity index (χ4v) is 3.36. The van der Waals surface area contributed by atoms with E-state index in [1.807, 2.05) is 54.3 Å². The third kappa shape index (κ3) is 4.90. The topological polar surface area (TPSA) is 64.5 Å². The van der Waals surface area contributed by atoms with Gasteiger partial charge in [0.1, 0.15) is 23.4 Å². The van der Waals surface area contributed by atoms with Crippen molar-refractivity contribution in [1.82, 2.24) is 14.9 Å². The maximum absolute atomic E-state index is 12.9. The lowest BCUT2D eigenvalue weighted by Gasteiger charge is -2.32. The average molecular weight is 389 g/mol. The highest BCUT2D eigenvalue weighted by Gasteiger charge is 2.26. The number of rotatable bonds is 5. The maximum atomic E-state index is 12.9. The third-order valence-electron chi connectivity index (χ3n) is 4.78. The van der Waals surface area contributed by atoms with E-state index in [9.17, 15) is 4.79 Å². The van der Waals surface area contributed by atoms with Crippen molar-refractivity contribution >= 4 is 5.91 Å². The smallest absolute Gasteiger partial charge is 0.253 e. The molecule has 6 nitrogen and oxygen atoms in total. The summed E-state index contributed by atoms with van der Waals surface area (Å²) in [5.74, 6) is 2.70. The first-order chi connectivity index (χ1) is 14.2. The van der Waals surface area contributed by atoms with E-state index in [2.05, 4.69) is 9.97 Å². The van der Waals surface area contributed by atoms with Crippen molar-refractivity contribution in [2.24, 2.45) is 0 Å². The van der Waals surface area contributed by atoms with Crippen LogP contribution in [0, 0.1) is 6.92 Å². The first-order valence-electron chi connectivity index (χ1n) is 9.76. The Morgan fingerprint density at radius 2 is 1.79 bits per heavy atom. The number of likely N-dealkylation sites (tertiary alicyclic amines) is 1. The standard InChI is InChI=1S/C23H23N3O3/c1-17-24-14-13-22(25-17)29-21-8-5-15-26(16-21)23(27)18-9-11-20(12-10-18)28-19-6-3-2-4-7-19/h2-4,6-7,9-14,21H,5,8,15-16H2,1H3. The molecule has 1 amide bonds. The molecule has 1 unspecified atom stereocenters. The van der Waals surface area contributed by atoms with E-state index in [0.717, 1.165) is 25.1 Å². The molecule has 2 aromatic carbocycles. The van der Waals surface area contributed by atoms with Crippen LogP contribution in [-0.2, 0) is 0 Å². The number of piperidine rings is 1. The minimum absolute atomic E-state index is 0.00318. The average Bonchev–Trinajstić information content (AvgIpc) is 2.75. The van der Waals surface area contributed by atoms with E-state index in [0.29, 0.717) is 29.6 Å². The largest absolute Gasteiger partial charge is 0.472 e. The van der Waals surface area contributed by atoms with E-state index >= 15 is 0 Å². The molecule has 0 radical (unpaired) electrons. The number of benzene rings is 2. The van der Waals surface area contributed by atoms with Crippen molar-refractivity contribution in [3.8, 4) is 17.4 Å². The first kappa shape index (κ1) is 18.9. The molecular weight excluding hydrogens is 366 g/mol. The summed E-state index contributed by atoms with van der Waals surface area (Å²) in [5, 5.41) is 0. The number of ether oxygens (including phenoxy) is 2. The number of aryl methyl sites for hydroxylation is 1. The quantitative estimate of drug-likeness (QED) is 0.652. The Kier molecular flexibility index (Phi) is 5.70. The summed E-state index contributed by atoms with van der Waals surface area (Å²) in [7, 11) is 0. The Morgan fingerprint density at radius 3 is 2.55 bits per heavy atom. The molecule has 0 N–H and O–H groups in total. The summed E-state index contributed by atoms with van der Waals surface area (Å²) in [6.07, 6.45) is 3.41. The summed E-state index contributed by atoms with van der Waals surface area (Å²) in [6, 6.07) is 18.6. The highest BCUT2D eigenvalue weighted by Crippen LogP contribution is 2.23. The summed E-state index contributed by atoms with van der Waals surface area (Å²) >= 11 is 0. The molecule has 0 spiro atoms. The van der Waals surface area contributed by atoms with Gasteiger partial charge < -0.3 is 14.4 Å². The molecule has 0 aliphatic carbocycles. The fraction of sp³-hybridized carbons (Fsp3) is 0.261. The lowest BCUT2D eigenvalue weighted by atomic mass is 10.1. The van der Waals surface area contributed by atoms with Crippen LogP contribution in [-0.4, -0.2) is 40.0 Å². The third-order valence-corrected chi connectivity index (χ3v) is 4.78. The van der Waals surface area contributed by atoms with Crippen LogP contribution < -0.4 is 9.47 Å². The van der Waals surface area contributed by atoms with E-state index < -0.39 is 0 Å². The molecule has 6 heteroatoms. The van der Waals surface area contributed by atoms with Crippen molar-refractivity contribution < 1.29 is 14.3 Å². The number of aromatic nitrogens is 2. The van der Waals surface area contributed by atoms with E-state index in [1.165, 1.54) is 0 Å². The van der Waals surface area contributed by atoms with Crippen LogP contribution in [0.3, 0.4) is 0 Å². The van der Waals surface area contributed by atoms with Crippen LogP contribution in [0.2, 0.25) is 0 Å². The molecule has 1 saturated heterocycles. The fourth-order valence-electron chi connectivity index (χ4n) is 3.36. The predicted octanol–water partition coefficient (Wildman–Crippen LogP) is 4.26. The lowest BCUT2D eigenvalue weighted by molar-refractivity contribution is 0.0527. The van der Waals surface area contributed by atoms with Crippen molar-refractivity contribution in [3.63, 3.8) is 0 Å². The summed E-state index contributed by atoms with van der Waals surface area (Å²) in [4.78, 5) is 23.1. The highest BCUT2D eigenvalue weighted by molar-refractivity contribution is 5.94. The SMILES string of the molecule is Cc1nccc(OC2CCCN(C(=O)c3ccc(Oc4ccccc4)cc3)C2)n1. The Hall–Kier alpha value is -3.41. The molecule has 0 bridgehead atoms. The number of hydrogen-bond donors (Lipinski definition) is 0. The maximum Gasteiger partial charge on any atom is 0.253 e. The normalized spacial score (nSPS) is 16.3. The van der Waals surface area contributed by atoms with E-state index in [-0.39, 0.29) is 12.0 Å². The van der Waals surface area contributed by atoms with Gasteiger partial charge in [-0.05, 0) is 56.2 Å². The van der Waals surface area contributed by atoms with Crippen LogP contribution >= 0.6 is 0 Å². The lowest BCUT2D eigenvalue weighted by Crippen LogP contribution is -2.44. The molecular formula is C23H23N3O3. The second kappa shape index (κ2) is 8.73. The number of nitrogens with zero attached hydrogens (tertiary/aromatic N) is 3. The van der Waals surface area contributed by atoms with Gasteiger partial charge in [-0.1, -0.05) is 18.2 Å². The summed E-state index contributed by atoms with van der Waals surface area (Å²) in [6.45, 7) is 3.10. The zero-order chi connectivity index (χ0) is 20.1. The zero-order valence-corrected chi connectivity index (χ0v) is 16.3. The Bertz CT molecular complexity index is 961. The van der Waals surface area contributed by atoms with Gasteiger partial charge in [0, 0.05) is 24.4 Å². The summed E-state index contributed by atoms with van der Waals surface area (Å²) < 4.78 is 11.8. The Labute approximate surface area is 170 Å². The monoisotopic (exact) mass is 389 g/mol. The molecule has 3 aromatic rings. The van der Waals surface area contributed by atoms with Gasteiger partial charge in [0.2, 0.25) is 5.88 Å². The predicted molar refractivity (Wildman–Crippen MR) is 109 cm³/mol. The minimum Gasteiger partial charge on any atom is -0.472 e. The highest BCUT2D eigenvalue weighted by atomic mass is 16.5. The number of carbonyl (C=O) groups excluding carboxylic acids is 1. The van der Waals surface area contributed by atoms with Gasteiger partial charge in [0.15, 0.2) is 0 Å². The number of amides is 1. The summed E-state index contributed by atoms with van der Waals surface area (Å²) in [5.41, 5.74) is 0.643. The Balaban J connectivity index is 1.38. The molecule has 4 rings (SSSR count). The second-order valence-corrected chi connectivity index (χ2v) is 7.01. The number of para-hydroxylation sites is 1. The number of carbonyl (C=O) groups is 1. The van der Waals surface area contributed by atoms with Gasteiger partial charge in [0.05, 0.1) is 6.54 Å². The van der Waals surface area contributed by atoms with Crippen molar-refractivity contribution in [2.75, 3.05) is 13.1 Å². The molecule has 29 heavy (non-hydrogen) atoms. The van der Waals surface area contributed by atoms with Gasteiger partial charge in [-0.15, -0.1) is 0 Å². The van der Waals surface area contributed by atoms with Gasteiger partial charge in [-0.2, -0.15) is 4.98 Å². The van der Waals surface area contributed by atoms with Crippen LogP contribution in [0.4, 0.5) is 0 Å². The van der Waals surface area contributed by atoms with Gasteiger partial charge >= 0.3 is 0 Å².